The molecule has 2 atom stereocenters. The van der Waals surface area contributed by atoms with Gasteiger partial charge in [0.15, 0.2) is 0 Å². The number of carbonyl (C=O) groups is 3. The lowest BCUT2D eigenvalue weighted by molar-refractivity contribution is -0.142. The molecule has 7 heteroatoms. The quantitative estimate of drug-likeness (QED) is 0.556. The number of carboxylic acid groups (broad SMARTS) is 1. The summed E-state index contributed by atoms with van der Waals surface area (Å²) < 4.78 is 5.50. The van der Waals surface area contributed by atoms with Crippen molar-refractivity contribution in [3.05, 3.63) is 59.7 Å². The third kappa shape index (κ3) is 5.10. The minimum absolute atomic E-state index is 0.0152. The fraction of sp³-hybridized carbons (Fsp3) is 0.400. The monoisotopic (exact) mass is 436 g/mol. The van der Waals surface area contributed by atoms with Crippen LogP contribution in [0.2, 0.25) is 0 Å². The van der Waals surface area contributed by atoms with Crippen LogP contribution in [0.4, 0.5) is 4.79 Å². The molecule has 1 unspecified atom stereocenters. The van der Waals surface area contributed by atoms with Crippen molar-refractivity contribution in [2.24, 2.45) is 5.92 Å². The Hall–Kier alpha value is -3.35. The van der Waals surface area contributed by atoms with E-state index < -0.39 is 30.1 Å². The highest BCUT2D eigenvalue weighted by atomic mass is 16.5. The van der Waals surface area contributed by atoms with E-state index in [1.165, 1.54) is 0 Å². The van der Waals surface area contributed by atoms with Gasteiger partial charge in [0.05, 0.1) is 0 Å². The number of amides is 2. The number of benzene rings is 2. The molecule has 0 aliphatic heterocycles. The minimum atomic E-state index is -1.03. The molecule has 2 aliphatic rings. The highest BCUT2D eigenvalue weighted by molar-refractivity contribution is 5.84. The maximum Gasteiger partial charge on any atom is 0.407 e. The Morgan fingerprint density at radius 3 is 2.16 bits per heavy atom. The predicted molar refractivity (Wildman–Crippen MR) is 119 cm³/mol. The second-order valence-electron chi connectivity index (χ2n) is 8.71. The molecule has 0 bridgehead atoms. The predicted octanol–water partition coefficient (Wildman–Crippen LogP) is 3.67. The summed E-state index contributed by atoms with van der Waals surface area (Å²) in [4.78, 5) is 35.9. The van der Waals surface area contributed by atoms with Crippen molar-refractivity contribution >= 4 is 18.0 Å². The molecule has 0 radical (unpaired) electrons. The Morgan fingerprint density at radius 1 is 1.00 bits per heavy atom. The van der Waals surface area contributed by atoms with E-state index in [-0.39, 0.29) is 18.9 Å². The lowest BCUT2D eigenvalue weighted by Crippen LogP contribution is -2.44. The van der Waals surface area contributed by atoms with Crippen LogP contribution >= 0.6 is 0 Å². The van der Waals surface area contributed by atoms with Gasteiger partial charge in [0, 0.05) is 18.4 Å². The highest BCUT2D eigenvalue weighted by Gasteiger charge is 2.31. The summed E-state index contributed by atoms with van der Waals surface area (Å²) in [5.74, 6) is -1.08. The first kappa shape index (κ1) is 21.9. The van der Waals surface area contributed by atoms with Gasteiger partial charge in [-0.3, -0.25) is 4.79 Å². The van der Waals surface area contributed by atoms with Gasteiger partial charge < -0.3 is 20.5 Å². The van der Waals surface area contributed by atoms with Crippen molar-refractivity contribution in [2.45, 2.75) is 50.6 Å². The van der Waals surface area contributed by atoms with Crippen LogP contribution in [0.5, 0.6) is 0 Å². The van der Waals surface area contributed by atoms with Crippen LogP contribution in [0.25, 0.3) is 11.1 Å². The van der Waals surface area contributed by atoms with E-state index in [2.05, 4.69) is 34.9 Å². The maximum absolute atomic E-state index is 12.3. The van der Waals surface area contributed by atoms with Gasteiger partial charge in [-0.25, -0.2) is 9.59 Å². The Morgan fingerprint density at radius 2 is 1.59 bits per heavy atom. The smallest absolute Gasteiger partial charge is 0.407 e. The molecule has 1 saturated carbocycles. The molecule has 2 aliphatic carbocycles. The molecule has 0 heterocycles. The normalized spacial score (nSPS) is 16.4. The number of fused-ring (bicyclic) bond motifs is 3. The van der Waals surface area contributed by atoms with Crippen LogP contribution in [0, 0.1) is 5.92 Å². The van der Waals surface area contributed by atoms with Crippen molar-refractivity contribution in [1.82, 2.24) is 10.6 Å². The zero-order valence-corrected chi connectivity index (χ0v) is 18.0. The van der Waals surface area contributed by atoms with Gasteiger partial charge >= 0.3 is 12.1 Å². The summed E-state index contributed by atoms with van der Waals surface area (Å²) in [5, 5.41) is 14.5. The molecule has 0 spiro atoms. The van der Waals surface area contributed by atoms with E-state index in [1.807, 2.05) is 24.3 Å². The van der Waals surface area contributed by atoms with Crippen LogP contribution in [-0.4, -0.2) is 41.8 Å². The number of rotatable bonds is 9. The van der Waals surface area contributed by atoms with Crippen molar-refractivity contribution in [2.75, 3.05) is 6.61 Å². The third-order valence-corrected chi connectivity index (χ3v) is 6.10. The highest BCUT2D eigenvalue weighted by Crippen LogP contribution is 2.44. The molecule has 0 aromatic heterocycles. The van der Waals surface area contributed by atoms with Gasteiger partial charge in [-0.05, 0) is 41.5 Å². The zero-order chi connectivity index (χ0) is 22.7. The van der Waals surface area contributed by atoms with E-state index in [0.717, 1.165) is 35.1 Å². The Balaban J connectivity index is 1.28. The first-order valence-corrected chi connectivity index (χ1v) is 11.1. The largest absolute Gasteiger partial charge is 0.480 e. The van der Waals surface area contributed by atoms with Crippen molar-refractivity contribution in [3.8, 4) is 11.1 Å². The number of hydrogen-bond acceptors (Lipinski definition) is 4. The zero-order valence-electron chi connectivity index (χ0n) is 18.0. The first-order chi connectivity index (χ1) is 15.4. The van der Waals surface area contributed by atoms with E-state index in [9.17, 15) is 19.5 Å². The van der Waals surface area contributed by atoms with Crippen LogP contribution in [0.15, 0.2) is 48.5 Å². The van der Waals surface area contributed by atoms with Crippen molar-refractivity contribution < 1.29 is 24.2 Å². The fourth-order valence-electron chi connectivity index (χ4n) is 4.33. The van der Waals surface area contributed by atoms with Crippen LogP contribution in [0.3, 0.4) is 0 Å². The lowest BCUT2D eigenvalue weighted by Gasteiger charge is -2.18. The second kappa shape index (κ2) is 9.42. The van der Waals surface area contributed by atoms with Crippen LogP contribution in [0.1, 0.15) is 49.7 Å². The summed E-state index contributed by atoms with van der Waals surface area (Å²) in [6, 6.07) is 14.8. The van der Waals surface area contributed by atoms with Crippen LogP contribution in [-0.2, 0) is 14.3 Å². The average Bonchev–Trinajstić information content (AvgIpc) is 3.52. The van der Waals surface area contributed by atoms with Gasteiger partial charge in [-0.15, -0.1) is 0 Å². The molecule has 1 fully saturated rings. The molecule has 4 rings (SSSR count). The molecule has 3 N–H and O–H groups in total. The van der Waals surface area contributed by atoms with Crippen LogP contribution < -0.4 is 10.6 Å². The number of carboxylic acids is 1. The first-order valence-electron chi connectivity index (χ1n) is 11.1. The topological polar surface area (TPSA) is 105 Å². The molecular formula is C25H28N2O5. The maximum atomic E-state index is 12.3. The summed E-state index contributed by atoms with van der Waals surface area (Å²) in [7, 11) is 0. The van der Waals surface area contributed by atoms with Gasteiger partial charge in [0.25, 0.3) is 0 Å². The van der Waals surface area contributed by atoms with Gasteiger partial charge in [0.1, 0.15) is 12.6 Å². The molecule has 2 aromatic rings. The average molecular weight is 437 g/mol. The number of alkyl carbamates (subject to hydrolysis) is 1. The SMILES string of the molecule is C[C@@H](CC(=O)NC(CC1CC1)C(=O)O)NC(=O)OCC1c2ccccc2-c2ccccc21. The van der Waals surface area contributed by atoms with E-state index >= 15 is 0 Å². The third-order valence-electron chi connectivity index (χ3n) is 6.10. The molecule has 0 saturated heterocycles. The summed E-state index contributed by atoms with van der Waals surface area (Å²) in [6.07, 6.45) is 1.87. The number of nitrogens with one attached hydrogen (secondary N) is 2. The minimum Gasteiger partial charge on any atom is -0.480 e. The Labute approximate surface area is 187 Å². The summed E-state index contributed by atoms with van der Waals surface area (Å²) in [5.41, 5.74) is 4.57. The molecule has 32 heavy (non-hydrogen) atoms. The Kier molecular flexibility index (Phi) is 6.44. The molecular weight excluding hydrogens is 408 g/mol. The van der Waals surface area contributed by atoms with Crippen molar-refractivity contribution in [3.63, 3.8) is 0 Å². The van der Waals surface area contributed by atoms with E-state index in [4.69, 9.17) is 4.74 Å². The van der Waals surface area contributed by atoms with E-state index in [1.54, 1.807) is 6.92 Å². The van der Waals surface area contributed by atoms with Gasteiger partial charge in [-0.2, -0.15) is 0 Å². The molecule has 2 aromatic carbocycles. The Bertz CT molecular complexity index is 971. The number of ether oxygens (including phenoxy) is 1. The van der Waals surface area contributed by atoms with Crippen molar-refractivity contribution in [1.29, 1.82) is 0 Å². The molecule has 168 valence electrons. The second-order valence-corrected chi connectivity index (χ2v) is 8.71. The number of carbonyl (C=O) groups excluding carboxylic acids is 2. The molecule has 7 nitrogen and oxygen atoms in total. The summed E-state index contributed by atoms with van der Waals surface area (Å²) >= 11 is 0. The summed E-state index contributed by atoms with van der Waals surface area (Å²) in [6.45, 7) is 1.89. The standard InChI is InChI=1S/C25H28N2O5/c1-15(12-23(28)27-22(24(29)30)13-16-10-11-16)26-25(31)32-14-21-19-8-4-2-6-17(19)18-7-3-5-9-20(18)21/h2-9,15-16,21-22H,10-14H2,1H3,(H,26,31)(H,27,28)(H,29,30)/t15-,22?/m0/s1. The van der Waals surface area contributed by atoms with Gasteiger partial charge in [0.2, 0.25) is 5.91 Å². The fourth-order valence-corrected chi connectivity index (χ4v) is 4.33. The number of aliphatic carboxylic acids is 1. The van der Waals surface area contributed by atoms with Gasteiger partial charge in [-0.1, -0.05) is 61.4 Å². The van der Waals surface area contributed by atoms with E-state index in [0.29, 0.717) is 12.3 Å². The lowest BCUT2D eigenvalue weighted by atomic mass is 9.98. The molecule has 2 amide bonds. The number of hydrogen-bond donors (Lipinski definition) is 3.